The summed E-state index contributed by atoms with van der Waals surface area (Å²) in [5.74, 6) is 0.435. The van der Waals surface area contributed by atoms with Crippen LogP contribution in [0.4, 0.5) is 5.69 Å². The van der Waals surface area contributed by atoms with Crippen LogP contribution in [0.5, 0.6) is 5.75 Å². The molecule has 0 aliphatic rings. The van der Waals surface area contributed by atoms with E-state index in [1.165, 1.54) is 11.5 Å². The molecule has 0 fully saturated rings. The number of anilines is 1. The summed E-state index contributed by atoms with van der Waals surface area (Å²) in [6.45, 7) is 1.37. The number of ether oxygens (including phenoxy) is 1. The van der Waals surface area contributed by atoms with Gasteiger partial charge in [-0.1, -0.05) is 0 Å². The van der Waals surface area contributed by atoms with Gasteiger partial charge in [0.2, 0.25) is 5.91 Å². The number of aryl methyl sites for hydroxylation is 1. The molecule has 1 heterocycles. The van der Waals surface area contributed by atoms with Gasteiger partial charge in [-0.3, -0.25) is 9.59 Å². The quantitative estimate of drug-likeness (QED) is 0.873. The number of nitrogens with zero attached hydrogens (tertiary/aromatic N) is 1. The Balaban J connectivity index is 2.71. The molecule has 94 valence electrons. The zero-order valence-corrected chi connectivity index (χ0v) is 10.5. The molecule has 2 aromatic rings. The number of hydrogen-bond acceptors (Lipinski definition) is 3. The highest BCUT2D eigenvalue weighted by Gasteiger charge is 2.08. The van der Waals surface area contributed by atoms with E-state index in [1.807, 2.05) is 12.1 Å². The fraction of sp³-hybridized carbons (Fsp3) is 0.231. The lowest BCUT2D eigenvalue weighted by atomic mass is 10.2. The van der Waals surface area contributed by atoms with Gasteiger partial charge in [0, 0.05) is 19.4 Å². The van der Waals surface area contributed by atoms with Crippen LogP contribution in [-0.4, -0.2) is 17.6 Å². The Morgan fingerprint density at radius 3 is 2.67 bits per heavy atom. The molecule has 1 aromatic heterocycles. The van der Waals surface area contributed by atoms with Crippen molar-refractivity contribution >= 4 is 22.5 Å². The van der Waals surface area contributed by atoms with Crippen molar-refractivity contribution in [2.24, 2.45) is 7.05 Å². The number of benzene rings is 1. The normalized spacial score (nSPS) is 10.4. The van der Waals surface area contributed by atoms with Gasteiger partial charge in [-0.2, -0.15) is 0 Å². The zero-order chi connectivity index (χ0) is 13.3. The zero-order valence-electron chi connectivity index (χ0n) is 10.5. The summed E-state index contributed by atoms with van der Waals surface area (Å²) in [6.07, 6.45) is 0. The molecule has 0 atom stereocenters. The van der Waals surface area contributed by atoms with Crippen LogP contribution in [-0.2, 0) is 11.8 Å². The molecule has 0 saturated carbocycles. The highest BCUT2D eigenvalue weighted by Crippen LogP contribution is 2.21. The first-order valence-electron chi connectivity index (χ1n) is 5.48. The molecule has 0 bridgehead atoms. The molecule has 0 unspecified atom stereocenters. The van der Waals surface area contributed by atoms with E-state index >= 15 is 0 Å². The van der Waals surface area contributed by atoms with Crippen molar-refractivity contribution in [3.63, 3.8) is 0 Å². The topological polar surface area (TPSA) is 60.3 Å². The number of rotatable bonds is 2. The monoisotopic (exact) mass is 246 g/mol. The van der Waals surface area contributed by atoms with Crippen molar-refractivity contribution in [2.75, 3.05) is 12.4 Å². The minimum Gasteiger partial charge on any atom is -0.497 e. The lowest BCUT2D eigenvalue weighted by Gasteiger charge is -2.10. The maximum atomic E-state index is 12.0. The minimum absolute atomic E-state index is 0.233. The minimum atomic E-state index is -0.269. The van der Waals surface area contributed by atoms with Crippen LogP contribution in [0.1, 0.15) is 6.92 Å². The second kappa shape index (κ2) is 4.52. The molecular weight excluding hydrogens is 232 g/mol. The van der Waals surface area contributed by atoms with Gasteiger partial charge in [0.25, 0.3) is 5.56 Å². The van der Waals surface area contributed by atoms with Crippen LogP contribution in [0.3, 0.4) is 0 Å². The number of amides is 1. The third kappa shape index (κ3) is 2.07. The second-order valence-corrected chi connectivity index (χ2v) is 4.03. The Bertz CT molecular complexity index is 674. The van der Waals surface area contributed by atoms with Crippen molar-refractivity contribution in [3.8, 4) is 5.75 Å². The lowest BCUT2D eigenvalue weighted by molar-refractivity contribution is -0.114. The Morgan fingerprint density at radius 2 is 2.06 bits per heavy atom. The van der Waals surface area contributed by atoms with Crippen molar-refractivity contribution in [2.45, 2.75) is 6.92 Å². The van der Waals surface area contributed by atoms with E-state index in [1.54, 1.807) is 26.3 Å². The van der Waals surface area contributed by atoms with E-state index in [0.29, 0.717) is 5.75 Å². The van der Waals surface area contributed by atoms with Crippen LogP contribution in [0.2, 0.25) is 0 Å². The number of aromatic nitrogens is 1. The molecule has 0 aliphatic carbocycles. The summed E-state index contributed by atoms with van der Waals surface area (Å²) in [5.41, 5.74) is 0.823. The summed E-state index contributed by atoms with van der Waals surface area (Å²) in [6, 6.07) is 7.08. The van der Waals surface area contributed by atoms with Gasteiger partial charge in [0.15, 0.2) is 0 Å². The summed E-state index contributed by atoms with van der Waals surface area (Å²) < 4.78 is 6.64. The van der Waals surface area contributed by atoms with E-state index in [0.717, 1.165) is 10.9 Å². The molecule has 2 rings (SSSR count). The van der Waals surface area contributed by atoms with Crippen LogP contribution in [0, 0.1) is 0 Å². The first-order chi connectivity index (χ1) is 8.52. The number of hydrogen-bond donors (Lipinski definition) is 1. The molecule has 5 heteroatoms. The molecule has 1 amide bonds. The van der Waals surface area contributed by atoms with E-state index in [4.69, 9.17) is 4.74 Å². The number of fused-ring (bicyclic) bond motifs is 1. The number of pyridine rings is 1. The predicted molar refractivity (Wildman–Crippen MR) is 70.0 cm³/mol. The summed E-state index contributed by atoms with van der Waals surface area (Å²) in [7, 11) is 3.25. The van der Waals surface area contributed by atoms with Crippen molar-refractivity contribution in [1.29, 1.82) is 0 Å². The van der Waals surface area contributed by atoms with Crippen molar-refractivity contribution in [3.05, 3.63) is 34.6 Å². The van der Waals surface area contributed by atoms with Crippen molar-refractivity contribution in [1.82, 2.24) is 4.57 Å². The Kier molecular flexibility index (Phi) is 3.06. The third-order valence-corrected chi connectivity index (χ3v) is 2.74. The summed E-state index contributed by atoms with van der Waals surface area (Å²) in [4.78, 5) is 23.0. The molecular formula is C13H14N2O3. The molecule has 0 spiro atoms. The fourth-order valence-corrected chi connectivity index (χ4v) is 1.87. The molecule has 0 saturated heterocycles. The average Bonchev–Trinajstić information content (AvgIpc) is 2.34. The second-order valence-electron chi connectivity index (χ2n) is 4.03. The van der Waals surface area contributed by atoms with Gasteiger partial charge < -0.3 is 14.6 Å². The van der Waals surface area contributed by atoms with Crippen LogP contribution >= 0.6 is 0 Å². The Hall–Kier alpha value is -2.30. The van der Waals surface area contributed by atoms with E-state index in [-0.39, 0.29) is 17.2 Å². The molecule has 18 heavy (non-hydrogen) atoms. The van der Waals surface area contributed by atoms with E-state index in [9.17, 15) is 9.59 Å². The lowest BCUT2D eigenvalue weighted by Crippen LogP contribution is -2.23. The molecule has 1 N–H and O–H groups in total. The van der Waals surface area contributed by atoms with Crippen LogP contribution in [0.15, 0.2) is 29.1 Å². The predicted octanol–water partition coefficient (Wildman–Crippen LogP) is 1.51. The summed E-state index contributed by atoms with van der Waals surface area (Å²) in [5, 5.41) is 3.36. The smallest absolute Gasteiger partial charge is 0.274 e. The highest BCUT2D eigenvalue weighted by molar-refractivity contribution is 5.92. The molecule has 1 aromatic carbocycles. The fourth-order valence-electron chi connectivity index (χ4n) is 1.87. The first kappa shape index (κ1) is 12.2. The van der Waals surface area contributed by atoms with Gasteiger partial charge in [0.1, 0.15) is 11.4 Å². The van der Waals surface area contributed by atoms with E-state index in [2.05, 4.69) is 5.32 Å². The first-order valence-corrected chi connectivity index (χ1v) is 5.48. The van der Waals surface area contributed by atoms with Crippen LogP contribution in [0.25, 0.3) is 10.9 Å². The summed E-state index contributed by atoms with van der Waals surface area (Å²) >= 11 is 0. The highest BCUT2D eigenvalue weighted by atomic mass is 16.5. The molecule has 5 nitrogen and oxygen atoms in total. The number of carbonyl (C=O) groups excluding carboxylic acids is 1. The third-order valence-electron chi connectivity index (χ3n) is 2.74. The largest absolute Gasteiger partial charge is 0.497 e. The van der Waals surface area contributed by atoms with E-state index < -0.39 is 0 Å². The average molecular weight is 246 g/mol. The maximum absolute atomic E-state index is 12.0. The Morgan fingerprint density at radius 1 is 1.33 bits per heavy atom. The number of methoxy groups -OCH3 is 1. The number of carbonyl (C=O) groups is 1. The maximum Gasteiger partial charge on any atom is 0.274 e. The van der Waals surface area contributed by atoms with Gasteiger partial charge in [-0.25, -0.2) is 0 Å². The van der Waals surface area contributed by atoms with Crippen LogP contribution < -0.4 is 15.6 Å². The standard InChI is InChI=1S/C13H14N2O3/c1-8(16)14-11-7-9-6-10(18-3)4-5-12(9)15(2)13(11)17/h4-7H,1-3H3,(H,14,16). The van der Waals surface area contributed by atoms with Gasteiger partial charge in [-0.05, 0) is 24.3 Å². The van der Waals surface area contributed by atoms with Crippen molar-refractivity contribution < 1.29 is 9.53 Å². The number of nitrogens with one attached hydrogen (secondary N) is 1. The Labute approximate surface area is 104 Å². The molecule has 0 radical (unpaired) electrons. The van der Waals surface area contributed by atoms with Gasteiger partial charge in [-0.15, -0.1) is 0 Å². The molecule has 0 aliphatic heterocycles. The SMILES string of the molecule is COc1ccc2c(c1)cc(NC(C)=O)c(=O)n2C. The van der Waals surface area contributed by atoms with Gasteiger partial charge in [0.05, 0.1) is 12.6 Å². The van der Waals surface area contributed by atoms with Gasteiger partial charge >= 0.3 is 0 Å².